The topological polar surface area (TPSA) is 98.7 Å². The molecule has 3 atom stereocenters. The second-order valence-corrected chi connectivity index (χ2v) is 7.27. The van der Waals surface area contributed by atoms with Gasteiger partial charge in [-0.25, -0.2) is 4.79 Å². The number of hydrogen-bond acceptors (Lipinski definition) is 4. The van der Waals surface area contributed by atoms with E-state index in [9.17, 15) is 33.0 Å². The number of carbonyl (C=O) groups excluding carboxylic acids is 2. The van der Waals surface area contributed by atoms with E-state index in [4.69, 9.17) is 0 Å². The second kappa shape index (κ2) is 7.28. The maximum absolute atomic E-state index is 14.0. The molecule has 3 aromatic rings. The van der Waals surface area contributed by atoms with Crippen LogP contribution < -0.4 is 10.6 Å². The standard InChI is InChI=1S/C22H17F3N2O4/c23-22(24,25)21(31)17(19(29)13-7-2-1-3-8-13)18(26-20(30)27-21)16-14-9-5-4-6-12(14)10-11-15(16)28/h1-11,17-18,28,31H,(H2,26,27,30)/t17-,18-,21+/m1/s1. The van der Waals surface area contributed by atoms with Crippen LogP contribution in [0.1, 0.15) is 22.0 Å². The lowest BCUT2D eigenvalue weighted by Gasteiger charge is -2.45. The first kappa shape index (κ1) is 20.7. The molecule has 0 bridgehead atoms. The lowest BCUT2D eigenvalue weighted by Crippen LogP contribution is -2.72. The SMILES string of the molecule is O=C1N[C@H](c2c(O)ccc3ccccc23)[C@H](C(=O)c2ccccc2)[C@](O)(C(F)(F)F)N1. The van der Waals surface area contributed by atoms with Gasteiger partial charge in [0.25, 0.3) is 0 Å². The minimum absolute atomic E-state index is 0.0853. The Labute approximate surface area is 174 Å². The molecule has 1 heterocycles. The van der Waals surface area contributed by atoms with Crippen molar-refractivity contribution < 1.29 is 33.0 Å². The number of aliphatic hydroxyl groups is 1. The van der Waals surface area contributed by atoms with Crippen LogP contribution in [0, 0.1) is 5.92 Å². The maximum atomic E-state index is 14.0. The molecule has 0 unspecified atom stereocenters. The number of phenolic OH excluding ortho intramolecular Hbond substituents is 1. The predicted molar refractivity (Wildman–Crippen MR) is 105 cm³/mol. The third-order valence-electron chi connectivity index (χ3n) is 5.41. The van der Waals surface area contributed by atoms with Gasteiger partial charge in [0.15, 0.2) is 5.78 Å². The Morgan fingerprint density at radius 1 is 0.968 bits per heavy atom. The average molecular weight is 430 g/mol. The van der Waals surface area contributed by atoms with Crippen molar-refractivity contribution >= 4 is 22.6 Å². The molecule has 0 radical (unpaired) electrons. The molecule has 1 saturated heterocycles. The molecular weight excluding hydrogens is 413 g/mol. The van der Waals surface area contributed by atoms with Crippen molar-refractivity contribution in [1.29, 1.82) is 0 Å². The minimum atomic E-state index is -5.38. The molecule has 0 spiro atoms. The van der Waals surface area contributed by atoms with E-state index in [-0.39, 0.29) is 11.1 Å². The van der Waals surface area contributed by atoms with Crippen LogP contribution in [-0.2, 0) is 0 Å². The highest BCUT2D eigenvalue weighted by atomic mass is 19.4. The summed E-state index contributed by atoms with van der Waals surface area (Å²) in [4.78, 5) is 25.5. The van der Waals surface area contributed by atoms with Gasteiger partial charge in [-0.2, -0.15) is 13.2 Å². The first-order valence-electron chi connectivity index (χ1n) is 9.31. The summed E-state index contributed by atoms with van der Waals surface area (Å²) in [5.41, 5.74) is -4.04. The normalized spacial score (nSPS) is 23.8. The Morgan fingerprint density at radius 3 is 2.29 bits per heavy atom. The molecule has 1 fully saturated rings. The third-order valence-corrected chi connectivity index (χ3v) is 5.41. The van der Waals surface area contributed by atoms with E-state index in [2.05, 4.69) is 5.32 Å². The molecule has 4 rings (SSSR count). The van der Waals surface area contributed by atoms with E-state index in [1.54, 1.807) is 36.4 Å². The van der Waals surface area contributed by atoms with Gasteiger partial charge in [0.2, 0.25) is 5.72 Å². The summed E-state index contributed by atoms with van der Waals surface area (Å²) < 4.78 is 42.1. The number of alkyl halides is 3. The number of Topliss-reactive ketones (excluding diaryl/α,β-unsaturated/α-hetero) is 1. The summed E-state index contributed by atoms with van der Waals surface area (Å²) in [6, 6.07) is 13.5. The van der Waals surface area contributed by atoms with Crippen LogP contribution in [0.2, 0.25) is 0 Å². The number of carbonyl (C=O) groups is 2. The quantitative estimate of drug-likeness (QED) is 0.477. The summed E-state index contributed by atoms with van der Waals surface area (Å²) in [5, 5.41) is 25.9. The maximum Gasteiger partial charge on any atom is 0.437 e. The first-order valence-corrected chi connectivity index (χ1v) is 9.31. The smallest absolute Gasteiger partial charge is 0.437 e. The fourth-order valence-corrected chi connectivity index (χ4v) is 3.97. The number of aromatic hydroxyl groups is 1. The average Bonchev–Trinajstić information content (AvgIpc) is 2.72. The fourth-order valence-electron chi connectivity index (χ4n) is 3.97. The zero-order chi connectivity index (χ0) is 22.4. The van der Waals surface area contributed by atoms with Gasteiger partial charge in [0, 0.05) is 11.1 Å². The number of fused-ring (bicyclic) bond motifs is 1. The Kier molecular flexibility index (Phi) is 4.85. The first-order chi connectivity index (χ1) is 14.6. The van der Waals surface area contributed by atoms with E-state index in [0.717, 1.165) is 0 Å². The van der Waals surface area contributed by atoms with Gasteiger partial charge in [0.05, 0.1) is 6.04 Å². The number of amides is 2. The lowest BCUT2D eigenvalue weighted by molar-refractivity contribution is -0.287. The van der Waals surface area contributed by atoms with Gasteiger partial charge in [-0.05, 0) is 16.8 Å². The van der Waals surface area contributed by atoms with Crippen molar-refractivity contribution in [1.82, 2.24) is 10.6 Å². The lowest BCUT2D eigenvalue weighted by atomic mass is 9.76. The number of nitrogens with one attached hydrogen (secondary N) is 2. The van der Waals surface area contributed by atoms with Gasteiger partial charge in [0.1, 0.15) is 11.7 Å². The fraction of sp³-hybridized carbons (Fsp3) is 0.182. The highest BCUT2D eigenvalue weighted by Gasteiger charge is 2.66. The molecule has 160 valence electrons. The third kappa shape index (κ3) is 3.36. The summed E-state index contributed by atoms with van der Waals surface area (Å²) in [6.07, 6.45) is -5.38. The second-order valence-electron chi connectivity index (χ2n) is 7.27. The molecule has 0 aliphatic carbocycles. The number of hydrogen-bond donors (Lipinski definition) is 4. The molecule has 0 saturated carbocycles. The number of benzene rings is 3. The number of urea groups is 1. The van der Waals surface area contributed by atoms with E-state index < -0.39 is 41.4 Å². The van der Waals surface area contributed by atoms with Gasteiger partial charge in [-0.3, -0.25) is 4.79 Å². The number of rotatable bonds is 3. The molecule has 1 aliphatic heterocycles. The number of phenols is 1. The van der Waals surface area contributed by atoms with Crippen molar-refractivity contribution in [3.8, 4) is 5.75 Å². The van der Waals surface area contributed by atoms with E-state index in [0.29, 0.717) is 10.8 Å². The molecule has 0 aromatic heterocycles. The van der Waals surface area contributed by atoms with Gasteiger partial charge < -0.3 is 20.8 Å². The monoisotopic (exact) mass is 430 g/mol. The Bertz CT molecular complexity index is 1170. The molecule has 9 heteroatoms. The van der Waals surface area contributed by atoms with Gasteiger partial charge >= 0.3 is 12.2 Å². The molecular formula is C22H17F3N2O4. The number of ketones is 1. The highest BCUT2D eigenvalue weighted by Crippen LogP contribution is 2.47. The van der Waals surface area contributed by atoms with Crippen molar-refractivity contribution in [2.24, 2.45) is 5.92 Å². The molecule has 3 aromatic carbocycles. The van der Waals surface area contributed by atoms with Crippen LogP contribution in [0.3, 0.4) is 0 Å². The largest absolute Gasteiger partial charge is 0.508 e. The van der Waals surface area contributed by atoms with Crippen molar-refractivity contribution in [3.05, 3.63) is 77.9 Å². The van der Waals surface area contributed by atoms with Crippen LogP contribution in [0.4, 0.5) is 18.0 Å². The van der Waals surface area contributed by atoms with Crippen LogP contribution in [0.15, 0.2) is 66.7 Å². The van der Waals surface area contributed by atoms with Crippen LogP contribution >= 0.6 is 0 Å². The zero-order valence-electron chi connectivity index (χ0n) is 15.9. The van der Waals surface area contributed by atoms with Gasteiger partial charge in [-0.1, -0.05) is 60.7 Å². The van der Waals surface area contributed by atoms with Crippen LogP contribution in [0.5, 0.6) is 5.75 Å². The van der Waals surface area contributed by atoms with Crippen molar-refractivity contribution in [2.45, 2.75) is 17.9 Å². The summed E-state index contributed by atoms with van der Waals surface area (Å²) in [5.74, 6) is -3.68. The molecule has 4 N–H and O–H groups in total. The van der Waals surface area contributed by atoms with Crippen molar-refractivity contribution in [3.63, 3.8) is 0 Å². The Balaban J connectivity index is 1.98. The minimum Gasteiger partial charge on any atom is -0.508 e. The zero-order valence-corrected chi connectivity index (χ0v) is 15.9. The molecule has 1 aliphatic rings. The van der Waals surface area contributed by atoms with Crippen LogP contribution in [0.25, 0.3) is 10.8 Å². The Hall–Kier alpha value is -3.59. The van der Waals surface area contributed by atoms with Crippen LogP contribution in [-0.4, -0.2) is 33.9 Å². The molecule has 31 heavy (non-hydrogen) atoms. The summed E-state index contributed by atoms with van der Waals surface area (Å²) >= 11 is 0. The van der Waals surface area contributed by atoms with E-state index in [1.807, 2.05) is 0 Å². The van der Waals surface area contributed by atoms with E-state index >= 15 is 0 Å². The molecule has 2 amide bonds. The summed E-state index contributed by atoms with van der Waals surface area (Å²) in [6.45, 7) is 0. The van der Waals surface area contributed by atoms with E-state index in [1.165, 1.54) is 35.6 Å². The van der Waals surface area contributed by atoms with Crippen molar-refractivity contribution in [2.75, 3.05) is 0 Å². The molecule has 6 nitrogen and oxygen atoms in total. The number of halogens is 3. The van der Waals surface area contributed by atoms with Gasteiger partial charge in [-0.15, -0.1) is 0 Å². The summed E-state index contributed by atoms with van der Waals surface area (Å²) in [7, 11) is 0. The Morgan fingerprint density at radius 2 is 1.61 bits per heavy atom. The predicted octanol–water partition coefficient (Wildman–Crippen LogP) is 3.65. The highest BCUT2D eigenvalue weighted by molar-refractivity contribution is 6.01.